The van der Waals surface area contributed by atoms with Gasteiger partial charge in [-0.25, -0.2) is 8.42 Å². The Balaban J connectivity index is 1.90. The number of nitrogens with zero attached hydrogens (tertiary/aromatic N) is 2. The number of carbonyl (C=O) groups excluding carboxylic acids is 1. The molecule has 1 amide bonds. The van der Waals surface area contributed by atoms with E-state index >= 15 is 0 Å². The average molecular weight is 451 g/mol. The minimum Gasteiger partial charge on any atom is -0.496 e. The van der Waals surface area contributed by atoms with Crippen molar-refractivity contribution in [2.45, 2.75) is 37.1 Å². The summed E-state index contributed by atoms with van der Waals surface area (Å²) in [5.74, 6) is 0.000473. The summed E-state index contributed by atoms with van der Waals surface area (Å²) in [4.78, 5) is 14.8. The molecule has 0 saturated carbocycles. The molecule has 1 heterocycles. The molecule has 0 unspecified atom stereocenters. The molecular formula is C22H27ClN2O4S. The number of carbonyl (C=O) groups is 1. The number of ether oxygens (including phenoxy) is 1. The molecule has 8 heteroatoms. The van der Waals surface area contributed by atoms with Crippen molar-refractivity contribution in [2.75, 3.05) is 27.2 Å². The van der Waals surface area contributed by atoms with Crippen LogP contribution in [0.3, 0.4) is 0 Å². The number of methoxy groups -OCH3 is 1. The van der Waals surface area contributed by atoms with E-state index in [0.29, 0.717) is 30.4 Å². The van der Waals surface area contributed by atoms with Gasteiger partial charge in [0.1, 0.15) is 5.75 Å². The third-order valence-corrected chi connectivity index (χ3v) is 7.58. The summed E-state index contributed by atoms with van der Waals surface area (Å²) in [6.45, 7) is 1.30. The molecule has 1 aliphatic rings. The molecule has 1 saturated heterocycles. The highest BCUT2D eigenvalue weighted by molar-refractivity contribution is 7.89. The zero-order valence-corrected chi connectivity index (χ0v) is 18.9. The van der Waals surface area contributed by atoms with Crippen LogP contribution in [-0.4, -0.2) is 50.8 Å². The Morgan fingerprint density at radius 3 is 2.40 bits per heavy atom. The van der Waals surface area contributed by atoms with Gasteiger partial charge in [0.05, 0.1) is 17.6 Å². The van der Waals surface area contributed by atoms with E-state index in [-0.39, 0.29) is 16.4 Å². The van der Waals surface area contributed by atoms with Crippen LogP contribution in [0.4, 0.5) is 0 Å². The quantitative estimate of drug-likeness (QED) is 0.662. The van der Waals surface area contributed by atoms with Crippen molar-refractivity contribution in [1.82, 2.24) is 9.21 Å². The lowest BCUT2D eigenvalue weighted by molar-refractivity contribution is 0.0781. The van der Waals surface area contributed by atoms with Gasteiger partial charge in [0.2, 0.25) is 10.0 Å². The van der Waals surface area contributed by atoms with Gasteiger partial charge in [0.25, 0.3) is 5.91 Å². The molecule has 0 radical (unpaired) electrons. The highest BCUT2D eigenvalue weighted by Gasteiger charge is 2.28. The Bertz CT molecular complexity index is 1000. The summed E-state index contributed by atoms with van der Waals surface area (Å²) in [6, 6.07) is 11.8. The number of amides is 1. The summed E-state index contributed by atoms with van der Waals surface area (Å²) < 4.78 is 33.2. The Labute approximate surface area is 183 Å². The van der Waals surface area contributed by atoms with Crippen LogP contribution < -0.4 is 4.74 Å². The van der Waals surface area contributed by atoms with E-state index in [2.05, 4.69) is 0 Å². The highest BCUT2D eigenvalue weighted by Crippen LogP contribution is 2.28. The van der Waals surface area contributed by atoms with Gasteiger partial charge in [-0.05, 0) is 42.7 Å². The molecule has 1 aliphatic heterocycles. The normalized spacial score (nSPS) is 15.4. The molecule has 0 N–H and O–H groups in total. The Hall–Kier alpha value is -2.09. The first-order chi connectivity index (χ1) is 14.3. The second-order valence-corrected chi connectivity index (χ2v) is 9.78. The molecule has 0 bridgehead atoms. The Morgan fingerprint density at radius 1 is 1.10 bits per heavy atom. The van der Waals surface area contributed by atoms with Crippen molar-refractivity contribution in [3.63, 3.8) is 0 Å². The second-order valence-electron chi connectivity index (χ2n) is 7.43. The standard InChI is InChI=1S/C22H27ClN2O4S/c1-24(16-17-9-5-6-10-20(17)23)22(26)19-15-18(11-12-21(19)29-2)30(27,28)25-13-7-3-4-8-14-25/h5-6,9-12,15H,3-4,7-8,13-14,16H2,1-2H3. The molecule has 6 nitrogen and oxygen atoms in total. The molecular weight excluding hydrogens is 424 g/mol. The van der Waals surface area contributed by atoms with Crippen LogP contribution in [0.2, 0.25) is 5.02 Å². The average Bonchev–Trinajstić information content (AvgIpc) is 3.04. The highest BCUT2D eigenvalue weighted by atomic mass is 35.5. The van der Waals surface area contributed by atoms with Gasteiger partial charge in [-0.1, -0.05) is 42.6 Å². The van der Waals surface area contributed by atoms with E-state index in [4.69, 9.17) is 16.3 Å². The van der Waals surface area contributed by atoms with Crippen LogP contribution in [0.1, 0.15) is 41.6 Å². The maximum atomic E-state index is 13.2. The molecule has 3 rings (SSSR count). The molecule has 0 aromatic heterocycles. The van der Waals surface area contributed by atoms with Gasteiger partial charge in [-0.2, -0.15) is 4.31 Å². The molecule has 0 atom stereocenters. The fourth-order valence-corrected chi connectivity index (χ4v) is 5.34. The Kier molecular flexibility index (Phi) is 7.39. The number of benzene rings is 2. The number of rotatable bonds is 6. The monoisotopic (exact) mass is 450 g/mol. The van der Waals surface area contributed by atoms with Gasteiger partial charge in [-0.15, -0.1) is 0 Å². The third-order valence-electron chi connectivity index (χ3n) is 5.32. The second kappa shape index (κ2) is 9.81. The third kappa shape index (κ3) is 4.96. The minimum atomic E-state index is -3.67. The molecule has 0 aliphatic carbocycles. The van der Waals surface area contributed by atoms with Gasteiger partial charge in [0.15, 0.2) is 0 Å². The largest absolute Gasteiger partial charge is 0.496 e. The number of sulfonamides is 1. The molecule has 30 heavy (non-hydrogen) atoms. The van der Waals surface area contributed by atoms with Gasteiger partial charge in [0, 0.05) is 31.7 Å². The molecule has 0 spiro atoms. The molecule has 1 fully saturated rings. The van der Waals surface area contributed by atoms with Gasteiger partial charge >= 0.3 is 0 Å². The van der Waals surface area contributed by atoms with Crippen molar-refractivity contribution in [3.05, 3.63) is 58.6 Å². The van der Waals surface area contributed by atoms with Crippen LogP contribution in [-0.2, 0) is 16.6 Å². The first-order valence-corrected chi connectivity index (χ1v) is 11.8. The summed E-state index contributed by atoms with van der Waals surface area (Å²) >= 11 is 6.21. The van der Waals surface area contributed by atoms with Crippen LogP contribution in [0.25, 0.3) is 0 Å². The first-order valence-electron chi connectivity index (χ1n) is 10.0. The van der Waals surface area contributed by atoms with Crippen molar-refractivity contribution < 1.29 is 17.9 Å². The SMILES string of the molecule is COc1ccc(S(=O)(=O)N2CCCCCC2)cc1C(=O)N(C)Cc1ccccc1Cl. The maximum absolute atomic E-state index is 13.2. The summed E-state index contributed by atoms with van der Waals surface area (Å²) in [7, 11) is -0.556. The van der Waals surface area contributed by atoms with E-state index in [0.717, 1.165) is 31.2 Å². The van der Waals surface area contributed by atoms with Crippen LogP contribution >= 0.6 is 11.6 Å². The van der Waals surface area contributed by atoms with Crippen molar-refractivity contribution in [3.8, 4) is 5.75 Å². The van der Waals surface area contributed by atoms with E-state index in [1.54, 1.807) is 19.2 Å². The zero-order valence-electron chi connectivity index (χ0n) is 17.3. The van der Waals surface area contributed by atoms with E-state index in [1.165, 1.54) is 28.4 Å². The van der Waals surface area contributed by atoms with Crippen LogP contribution in [0.5, 0.6) is 5.75 Å². The predicted octanol–water partition coefficient (Wildman–Crippen LogP) is 4.19. The summed E-state index contributed by atoms with van der Waals surface area (Å²) in [6.07, 6.45) is 3.76. The molecule has 2 aromatic carbocycles. The van der Waals surface area contributed by atoms with Crippen molar-refractivity contribution in [1.29, 1.82) is 0 Å². The Morgan fingerprint density at radius 2 is 1.77 bits per heavy atom. The zero-order chi connectivity index (χ0) is 21.7. The number of hydrogen-bond acceptors (Lipinski definition) is 4. The summed E-state index contributed by atoms with van der Waals surface area (Å²) in [5, 5.41) is 0.571. The smallest absolute Gasteiger partial charge is 0.257 e. The maximum Gasteiger partial charge on any atom is 0.257 e. The molecule has 2 aromatic rings. The van der Waals surface area contributed by atoms with E-state index in [1.807, 2.05) is 18.2 Å². The minimum absolute atomic E-state index is 0.111. The topological polar surface area (TPSA) is 66.9 Å². The molecule has 162 valence electrons. The first kappa shape index (κ1) is 22.6. The van der Waals surface area contributed by atoms with Crippen molar-refractivity contribution in [2.24, 2.45) is 0 Å². The lowest BCUT2D eigenvalue weighted by Gasteiger charge is -2.22. The number of hydrogen-bond donors (Lipinski definition) is 0. The lowest BCUT2D eigenvalue weighted by Crippen LogP contribution is -2.32. The van der Waals surface area contributed by atoms with E-state index in [9.17, 15) is 13.2 Å². The number of halogens is 1. The predicted molar refractivity (Wildman–Crippen MR) is 117 cm³/mol. The fourth-order valence-electron chi connectivity index (χ4n) is 3.61. The lowest BCUT2D eigenvalue weighted by atomic mass is 10.1. The fraction of sp³-hybridized carbons (Fsp3) is 0.409. The van der Waals surface area contributed by atoms with Gasteiger partial charge < -0.3 is 9.64 Å². The van der Waals surface area contributed by atoms with Crippen LogP contribution in [0, 0.1) is 0 Å². The van der Waals surface area contributed by atoms with Crippen LogP contribution in [0.15, 0.2) is 47.4 Å². The summed E-state index contributed by atoms with van der Waals surface area (Å²) in [5.41, 5.74) is 1.02. The van der Waals surface area contributed by atoms with E-state index < -0.39 is 10.0 Å². The van der Waals surface area contributed by atoms with Gasteiger partial charge in [-0.3, -0.25) is 4.79 Å². The van der Waals surface area contributed by atoms with Crippen molar-refractivity contribution >= 4 is 27.5 Å².